The van der Waals surface area contributed by atoms with Crippen LogP contribution in [0.2, 0.25) is 0 Å². The third kappa shape index (κ3) is 7.88. The van der Waals surface area contributed by atoms with Gasteiger partial charge in [-0.05, 0) is 87.9 Å². The van der Waals surface area contributed by atoms with Gasteiger partial charge in [0.2, 0.25) is 0 Å². The Hall–Kier alpha value is -3.01. The minimum atomic E-state index is -0.317. The third-order valence-corrected chi connectivity index (χ3v) is 9.08. The van der Waals surface area contributed by atoms with Crippen LogP contribution in [0.25, 0.3) is 0 Å². The number of aromatic nitrogens is 4. The van der Waals surface area contributed by atoms with Crippen LogP contribution >= 0.6 is 0 Å². The highest BCUT2D eigenvalue weighted by molar-refractivity contribution is 5.89. The van der Waals surface area contributed by atoms with Gasteiger partial charge in [0.25, 0.3) is 0 Å². The molecule has 0 atom stereocenters. The fourth-order valence-electron chi connectivity index (χ4n) is 6.75. The van der Waals surface area contributed by atoms with Crippen molar-refractivity contribution in [2.75, 3.05) is 53.4 Å². The zero-order chi connectivity index (χ0) is 29.5. The molecule has 0 bridgehead atoms. The van der Waals surface area contributed by atoms with Gasteiger partial charge in [0.15, 0.2) is 0 Å². The third-order valence-electron chi connectivity index (χ3n) is 9.08. The topological polar surface area (TPSA) is 71.7 Å². The first kappa shape index (κ1) is 30.4. The quantitative estimate of drug-likeness (QED) is 0.280. The minimum absolute atomic E-state index is 0.317. The van der Waals surface area contributed by atoms with Gasteiger partial charge in [0, 0.05) is 51.0 Å². The van der Waals surface area contributed by atoms with Crippen LogP contribution in [-0.4, -0.2) is 93.2 Å². The lowest BCUT2D eigenvalue weighted by Crippen LogP contribution is -2.42. The van der Waals surface area contributed by atoms with Gasteiger partial charge in [-0.25, -0.2) is 14.8 Å². The van der Waals surface area contributed by atoms with Crippen molar-refractivity contribution < 1.29 is 9.53 Å². The van der Waals surface area contributed by atoms with Gasteiger partial charge < -0.3 is 23.7 Å². The molecule has 228 valence electrons. The van der Waals surface area contributed by atoms with Crippen LogP contribution < -0.4 is 0 Å². The summed E-state index contributed by atoms with van der Waals surface area (Å²) in [4.78, 5) is 28.7. The number of nitrogens with zero attached hydrogens (tertiary/aromatic N) is 7. The molecule has 0 amide bonds. The monoisotopic (exact) mass is 575 g/mol. The molecule has 0 unspecified atom stereocenters. The molecule has 0 saturated carbocycles. The Morgan fingerprint density at radius 3 is 2.19 bits per heavy atom. The number of carbonyl (C=O) groups excluding carboxylic acids is 1. The Kier molecular flexibility index (Phi) is 10.1. The van der Waals surface area contributed by atoms with Crippen LogP contribution in [0.15, 0.2) is 49.1 Å². The van der Waals surface area contributed by atoms with E-state index in [1.807, 2.05) is 42.9 Å². The van der Waals surface area contributed by atoms with Crippen LogP contribution in [0.1, 0.15) is 67.1 Å². The summed E-state index contributed by atoms with van der Waals surface area (Å²) in [5, 5.41) is 0. The number of rotatable bonds is 13. The van der Waals surface area contributed by atoms with Crippen LogP contribution in [0.4, 0.5) is 0 Å². The molecule has 4 heterocycles. The second-order valence-corrected chi connectivity index (χ2v) is 12.9. The average Bonchev–Trinajstić information content (AvgIpc) is 3.71. The molecule has 2 saturated heterocycles. The SMILES string of the molecule is COC(=O)c1ccc(Cn2ccnc2CN(C)Cc2nccn2CCCN2CCC3(CCN(CC(C)C)CC3)C2)cc1. The van der Waals surface area contributed by atoms with Gasteiger partial charge in [0.05, 0.1) is 25.8 Å². The molecule has 0 aliphatic carbocycles. The molecular formula is C33H49N7O2. The molecule has 2 aliphatic rings. The molecule has 2 fully saturated rings. The molecule has 2 aromatic heterocycles. The number of methoxy groups -OCH3 is 1. The number of benzene rings is 1. The summed E-state index contributed by atoms with van der Waals surface area (Å²) >= 11 is 0. The largest absolute Gasteiger partial charge is 0.465 e. The van der Waals surface area contributed by atoms with Gasteiger partial charge in [-0.3, -0.25) is 4.90 Å². The van der Waals surface area contributed by atoms with Crippen molar-refractivity contribution in [2.24, 2.45) is 11.3 Å². The van der Waals surface area contributed by atoms with Crippen molar-refractivity contribution in [3.05, 3.63) is 71.8 Å². The van der Waals surface area contributed by atoms with E-state index in [-0.39, 0.29) is 5.97 Å². The molecule has 1 aromatic carbocycles. The van der Waals surface area contributed by atoms with E-state index in [4.69, 9.17) is 4.74 Å². The highest BCUT2D eigenvalue weighted by Gasteiger charge is 2.40. The lowest BCUT2D eigenvalue weighted by atomic mass is 9.77. The zero-order valence-electron chi connectivity index (χ0n) is 26.0. The summed E-state index contributed by atoms with van der Waals surface area (Å²) < 4.78 is 9.29. The maximum absolute atomic E-state index is 11.7. The fraction of sp³-hybridized carbons (Fsp3) is 0.606. The summed E-state index contributed by atoms with van der Waals surface area (Å²) in [7, 11) is 3.53. The first-order chi connectivity index (χ1) is 20.3. The lowest BCUT2D eigenvalue weighted by Gasteiger charge is -2.40. The van der Waals surface area contributed by atoms with E-state index in [9.17, 15) is 4.79 Å². The highest BCUT2D eigenvalue weighted by Crippen LogP contribution is 2.40. The van der Waals surface area contributed by atoms with Crippen LogP contribution in [-0.2, 0) is 30.9 Å². The summed E-state index contributed by atoms with van der Waals surface area (Å²) in [6, 6.07) is 7.55. The molecule has 0 N–H and O–H groups in total. The number of esters is 1. The Balaban J connectivity index is 1.06. The van der Waals surface area contributed by atoms with E-state index < -0.39 is 0 Å². The van der Waals surface area contributed by atoms with Gasteiger partial charge in [-0.1, -0.05) is 26.0 Å². The van der Waals surface area contributed by atoms with Crippen LogP contribution in [0.5, 0.6) is 0 Å². The van der Waals surface area contributed by atoms with E-state index in [0.717, 1.165) is 49.2 Å². The number of hydrogen-bond acceptors (Lipinski definition) is 7. The number of carbonyl (C=O) groups is 1. The van der Waals surface area contributed by atoms with Gasteiger partial charge in [-0.2, -0.15) is 0 Å². The second-order valence-electron chi connectivity index (χ2n) is 12.9. The van der Waals surface area contributed by atoms with Crippen molar-refractivity contribution in [3.63, 3.8) is 0 Å². The number of ether oxygens (including phenoxy) is 1. The van der Waals surface area contributed by atoms with Crippen molar-refractivity contribution in [2.45, 2.75) is 65.7 Å². The first-order valence-corrected chi connectivity index (χ1v) is 15.6. The number of aryl methyl sites for hydroxylation is 1. The van der Waals surface area contributed by atoms with Gasteiger partial charge >= 0.3 is 5.97 Å². The second kappa shape index (κ2) is 14.0. The molecule has 0 radical (unpaired) electrons. The average molecular weight is 576 g/mol. The summed E-state index contributed by atoms with van der Waals surface area (Å²) in [6.07, 6.45) is 13.2. The van der Waals surface area contributed by atoms with Crippen LogP contribution in [0, 0.1) is 11.3 Å². The highest BCUT2D eigenvalue weighted by atomic mass is 16.5. The fourth-order valence-corrected chi connectivity index (χ4v) is 6.75. The molecule has 5 rings (SSSR count). The predicted octanol–water partition coefficient (Wildman–Crippen LogP) is 4.38. The number of hydrogen-bond donors (Lipinski definition) is 0. The van der Waals surface area contributed by atoms with Crippen molar-refractivity contribution in [1.29, 1.82) is 0 Å². The van der Waals surface area contributed by atoms with Crippen LogP contribution in [0.3, 0.4) is 0 Å². The molecule has 1 spiro atoms. The van der Waals surface area contributed by atoms with Crippen molar-refractivity contribution in [1.82, 2.24) is 33.8 Å². The number of piperidine rings is 1. The van der Waals surface area contributed by atoms with Gasteiger partial charge in [-0.15, -0.1) is 0 Å². The van der Waals surface area contributed by atoms with Crippen molar-refractivity contribution >= 4 is 5.97 Å². The Morgan fingerprint density at radius 2 is 1.55 bits per heavy atom. The van der Waals surface area contributed by atoms with Crippen molar-refractivity contribution in [3.8, 4) is 0 Å². The normalized spacial score (nSPS) is 17.6. The first-order valence-electron chi connectivity index (χ1n) is 15.6. The maximum Gasteiger partial charge on any atom is 0.337 e. The summed E-state index contributed by atoms with van der Waals surface area (Å²) in [6.45, 7) is 15.4. The standard InChI is InChI=1S/C33H49N7O2/c1-27(2)22-37-17-10-33(11-18-37)12-19-38(26-33)15-5-16-39-20-13-34-30(39)24-36(3)25-31-35-14-21-40(31)23-28-6-8-29(9-7-28)32(41)42-4/h6-9,13-14,20-21,27H,5,10-12,15-19,22-26H2,1-4H3. The predicted molar refractivity (Wildman–Crippen MR) is 165 cm³/mol. The van der Waals surface area contributed by atoms with E-state index in [2.05, 4.69) is 60.9 Å². The van der Waals surface area contributed by atoms with Gasteiger partial charge in [0.1, 0.15) is 11.6 Å². The van der Waals surface area contributed by atoms with E-state index in [0.29, 0.717) is 17.5 Å². The smallest absolute Gasteiger partial charge is 0.337 e. The van der Waals surface area contributed by atoms with E-state index in [1.165, 1.54) is 65.6 Å². The number of imidazole rings is 2. The molecule has 9 nitrogen and oxygen atoms in total. The molecule has 9 heteroatoms. The van der Waals surface area contributed by atoms with E-state index in [1.54, 1.807) is 0 Å². The Morgan fingerprint density at radius 1 is 0.929 bits per heavy atom. The summed E-state index contributed by atoms with van der Waals surface area (Å²) in [5.41, 5.74) is 2.24. The molecule has 3 aromatic rings. The molecule has 2 aliphatic heterocycles. The maximum atomic E-state index is 11.7. The molecular weight excluding hydrogens is 526 g/mol. The minimum Gasteiger partial charge on any atom is -0.465 e. The lowest BCUT2D eigenvalue weighted by molar-refractivity contribution is 0.0600. The molecule has 42 heavy (non-hydrogen) atoms. The Bertz CT molecular complexity index is 1270. The summed E-state index contributed by atoms with van der Waals surface area (Å²) in [5.74, 6) is 2.55. The van der Waals surface area contributed by atoms with E-state index >= 15 is 0 Å². The Labute approximate surface area is 251 Å². The zero-order valence-corrected chi connectivity index (χ0v) is 26.0. The number of likely N-dealkylation sites (tertiary alicyclic amines) is 2.